The van der Waals surface area contributed by atoms with Crippen LogP contribution in [-0.4, -0.2) is 25.8 Å². The minimum Gasteiger partial charge on any atom is -0.367 e. The molecule has 0 aliphatic heterocycles. The first-order valence-electron chi connectivity index (χ1n) is 7.45. The van der Waals surface area contributed by atoms with E-state index in [2.05, 4.69) is 36.3 Å². The fraction of sp³-hybridized carbons (Fsp3) is 0.188. The Morgan fingerprint density at radius 2 is 1.77 bits per heavy atom. The summed E-state index contributed by atoms with van der Waals surface area (Å²) in [4.78, 5) is 8.36. The highest BCUT2D eigenvalue weighted by atomic mass is 79.9. The second kappa shape index (κ2) is 7.24. The van der Waals surface area contributed by atoms with Gasteiger partial charge in [0.1, 0.15) is 28.4 Å². The van der Waals surface area contributed by atoms with Crippen molar-refractivity contribution in [2.45, 2.75) is 19.9 Å². The molecular formula is C16H12BrClF3N5. The van der Waals surface area contributed by atoms with E-state index in [1.54, 1.807) is 6.20 Å². The third-order valence-electron chi connectivity index (χ3n) is 3.29. The average Bonchev–Trinajstić information content (AvgIpc) is 2.94. The lowest BCUT2D eigenvalue weighted by Gasteiger charge is -2.17. The maximum absolute atomic E-state index is 14.3. The van der Waals surface area contributed by atoms with Crippen molar-refractivity contribution in [3.63, 3.8) is 0 Å². The largest absolute Gasteiger partial charge is 0.367 e. The first-order valence-corrected chi connectivity index (χ1v) is 8.63. The molecule has 0 aliphatic rings. The standard InChI is InChI=1S/C16H12BrClF3N5/c1-7(2)23-15-13(12-10(20)3-9(19)4-11(12)21)14(18)24-16(25-15)26-6-8(17)5-22-26/h3-7H,1-2H3,(H,23,24,25). The topological polar surface area (TPSA) is 55.6 Å². The van der Waals surface area contributed by atoms with Crippen LogP contribution in [-0.2, 0) is 0 Å². The molecule has 0 aliphatic carbocycles. The van der Waals surface area contributed by atoms with Gasteiger partial charge < -0.3 is 5.32 Å². The maximum atomic E-state index is 14.3. The van der Waals surface area contributed by atoms with Gasteiger partial charge in [-0.25, -0.2) is 17.9 Å². The summed E-state index contributed by atoms with van der Waals surface area (Å²) in [6, 6.07) is 1.03. The lowest BCUT2D eigenvalue weighted by molar-refractivity contribution is 0.548. The van der Waals surface area contributed by atoms with E-state index in [0.29, 0.717) is 16.6 Å². The van der Waals surface area contributed by atoms with E-state index >= 15 is 0 Å². The smallest absolute Gasteiger partial charge is 0.253 e. The third-order valence-corrected chi connectivity index (χ3v) is 3.97. The van der Waals surface area contributed by atoms with Gasteiger partial charge in [0, 0.05) is 24.4 Å². The van der Waals surface area contributed by atoms with Crippen molar-refractivity contribution < 1.29 is 13.2 Å². The summed E-state index contributed by atoms with van der Waals surface area (Å²) < 4.78 is 43.8. The molecule has 0 radical (unpaired) electrons. The SMILES string of the molecule is CC(C)Nc1nc(-n2cc(Br)cn2)nc(Cl)c1-c1c(F)cc(F)cc1F. The van der Waals surface area contributed by atoms with E-state index in [4.69, 9.17) is 11.6 Å². The van der Waals surface area contributed by atoms with Gasteiger partial charge in [0.2, 0.25) is 0 Å². The summed E-state index contributed by atoms with van der Waals surface area (Å²) in [6.07, 6.45) is 3.13. The highest BCUT2D eigenvalue weighted by Crippen LogP contribution is 2.37. The van der Waals surface area contributed by atoms with E-state index in [9.17, 15) is 13.2 Å². The van der Waals surface area contributed by atoms with E-state index < -0.39 is 23.0 Å². The average molecular weight is 447 g/mol. The molecule has 0 saturated heterocycles. The van der Waals surface area contributed by atoms with Crippen molar-refractivity contribution in [1.82, 2.24) is 19.7 Å². The van der Waals surface area contributed by atoms with E-state index in [-0.39, 0.29) is 28.5 Å². The molecule has 0 atom stereocenters. The predicted molar refractivity (Wildman–Crippen MR) is 95.9 cm³/mol. The maximum Gasteiger partial charge on any atom is 0.253 e. The highest BCUT2D eigenvalue weighted by Gasteiger charge is 2.23. The normalized spacial score (nSPS) is 11.2. The van der Waals surface area contributed by atoms with Crippen molar-refractivity contribution in [3.8, 4) is 17.1 Å². The molecule has 0 spiro atoms. The molecule has 0 bridgehead atoms. The number of nitrogens with zero attached hydrogens (tertiary/aromatic N) is 4. The molecule has 0 unspecified atom stereocenters. The molecule has 5 nitrogen and oxygen atoms in total. The van der Waals surface area contributed by atoms with Crippen LogP contribution in [0.3, 0.4) is 0 Å². The zero-order valence-electron chi connectivity index (χ0n) is 13.6. The first kappa shape index (κ1) is 18.7. The highest BCUT2D eigenvalue weighted by molar-refractivity contribution is 9.10. The van der Waals surface area contributed by atoms with Gasteiger partial charge in [0.25, 0.3) is 5.95 Å². The number of nitrogens with one attached hydrogen (secondary N) is 1. The Labute approximate surface area is 160 Å². The van der Waals surface area contributed by atoms with Crippen LogP contribution in [0.1, 0.15) is 13.8 Å². The second-order valence-corrected chi connectivity index (χ2v) is 6.96. The predicted octanol–water partition coefficient (Wildman–Crippen LogP) is 4.98. The monoisotopic (exact) mass is 445 g/mol. The number of benzene rings is 1. The molecule has 0 amide bonds. The van der Waals surface area contributed by atoms with Gasteiger partial charge in [-0.2, -0.15) is 15.1 Å². The summed E-state index contributed by atoms with van der Waals surface area (Å²) in [5, 5.41) is 6.84. The van der Waals surface area contributed by atoms with Gasteiger partial charge >= 0.3 is 0 Å². The Balaban J connectivity index is 2.25. The lowest BCUT2D eigenvalue weighted by Crippen LogP contribution is -2.15. The van der Waals surface area contributed by atoms with E-state index in [1.807, 2.05) is 13.8 Å². The number of anilines is 1. The first-order chi connectivity index (χ1) is 12.3. The van der Waals surface area contributed by atoms with Crippen LogP contribution in [0, 0.1) is 17.5 Å². The summed E-state index contributed by atoms with van der Waals surface area (Å²) in [5.74, 6) is -3.03. The molecule has 0 saturated carbocycles. The molecule has 3 aromatic rings. The lowest BCUT2D eigenvalue weighted by atomic mass is 10.1. The minimum absolute atomic E-state index is 0.0923. The molecular weight excluding hydrogens is 435 g/mol. The van der Waals surface area contributed by atoms with Gasteiger partial charge in [-0.15, -0.1) is 0 Å². The fourth-order valence-corrected chi connectivity index (χ4v) is 2.86. The van der Waals surface area contributed by atoms with Crippen molar-refractivity contribution in [1.29, 1.82) is 0 Å². The molecule has 26 heavy (non-hydrogen) atoms. The van der Waals surface area contributed by atoms with Crippen LogP contribution in [0.25, 0.3) is 17.1 Å². The van der Waals surface area contributed by atoms with Gasteiger partial charge in [0.15, 0.2) is 0 Å². The summed E-state index contributed by atoms with van der Waals surface area (Å²) in [6.45, 7) is 3.64. The molecule has 1 N–H and O–H groups in total. The zero-order chi connectivity index (χ0) is 19.0. The number of aromatic nitrogens is 4. The van der Waals surface area contributed by atoms with E-state index in [0.717, 1.165) is 0 Å². The zero-order valence-corrected chi connectivity index (χ0v) is 15.9. The van der Waals surface area contributed by atoms with Gasteiger partial charge in [-0.3, -0.25) is 0 Å². The molecule has 0 fully saturated rings. The van der Waals surface area contributed by atoms with Crippen LogP contribution in [0.15, 0.2) is 29.0 Å². The second-order valence-electron chi connectivity index (χ2n) is 5.68. The molecule has 1 aromatic carbocycles. The summed E-state index contributed by atoms with van der Waals surface area (Å²) in [5.41, 5.74) is -0.599. The van der Waals surface area contributed by atoms with Crippen molar-refractivity contribution >= 4 is 33.3 Å². The number of halogens is 5. The molecule has 2 aromatic heterocycles. The summed E-state index contributed by atoms with van der Waals surface area (Å²) >= 11 is 9.48. The Hall–Kier alpha value is -2.13. The van der Waals surface area contributed by atoms with Crippen LogP contribution in [0.2, 0.25) is 5.15 Å². The Morgan fingerprint density at radius 3 is 2.31 bits per heavy atom. The van der Waals surface area contributed by atoms with Crippen LogP contribution >= 0.6 is 27.5 Å². The van der Waals surface area contributed by atoms with Crippen molar-refractivity contribution in [3.05, 3.63) is 51.6 Å². The van der Waals surface area contributed by atoms with Gasteiger partial charge in [-0.1, -0.05) is 11.6 Å². The quantitative estimate of drug-likeness (QED) is 0.574. The molecule has 136 valence electrons. The molecule has 3 rings (SSSR count). The van der Waals surface area contributed by atoms with Crippen molar-refractivity contribution in [2.75, 3.05) is 5.32 Å². The van der Waals surface area contributed by atoms with Gasteiger partial charge in [-0.05, 0) is 29.8 Å². The van der Waals surface area contributed by atoms with Crippen LogP contribution < -0.4 is 5.32 Å². The third kappa shape index (κ3) is 3.68. The Kier molecular flexibility index (Phi) is 5.19. The fourth-order valence-electron chi connectivity index (χ4n) is 2.32. The van der Waals surface area contributed by atoms with Gasteiger partial charge in [0.05, 0.1) is 21.8 Å². The molecule has 2 heterocycles. The van der Waals surface area contributed by atoms with Crippen LogP contribution in [0.5, 0.6) is 0 Å². The van der Waals surface area contributed by atoms with E-state index in [1.165, 1.54) is 10.9 Å². The summed E-state index contributed by atoms with van der Waals surface area (Å²) in [7, 11) is 0. The molecule has 10 heteroatoms. The number of rotatable bonds is 4. The number of hydrogen-bond donors (Lipinski definition) is 1. The van der Waals surface area contributed by atoms with Crippen molar-refractivity contribution in [2.24, 2.45) is 0 Å². The minimum atomic E-state index is -1.10. The Bertz CT molecular complexity index is 954. The van der Waals surface area contributed by atoms with Crippen LogP contribution in [0.4, 0.5) is 19.0 Å². The number of hydrogen-bond acceptors (Lipinski definition) is 4. The Morgan fingerprint density at radius 1 is 1.12 bits per heavy atom.